The minimum Gasteiger partial charge on any atom is -0.492 e. The number of carbonyl (C=O) groups is 1. The fourth-order valence-corrected chi connectivity index (χ4v) is 3.33. The lowest BCUT2D eigenvalue weighted by molar-refractivity contribution is -0.138. The van der Waals surface area contributed by atoms with Crippen LogP contribution in [0.2, 0.25) is 0 Å². The molecule has 3 atom stereocenters. The predicted octanol–water partition coefficient (Wildman–Crippen LogP) is 3.03. The second-order valence-corrected chi connectivity index (χ2v) is 7.15. The van der Waals surface area contributed by atoms with Crippen molar-refractivity contribution in [3.63, 3.8) is 0 Å². The Kier molecular flexibility index (Phi) is 6.60. The molecule has 1 aromatic carbocycles. The van der Waals surface area contributed by atoms with Crippen LogP contribution in [0.1, 0.15) is 27.2 Å². The van der Waals surface area contributed by atoms with Crippen LogP contribution in [0.4, 0.5) is 4.39 Å². The molecule has 3 unspecified atom stereocenters. The summed E-state index contributed by atoms with van der Waals surface area (Å²) in [6.45, 7) is 9.18. The highest BCUT2D eigenvalue weighted by molar-refractivity contribution is 5.81. The Morgan fingerprint density at radius 2 is 1.88 bits per heavy atom. The zero-order valence-corrected chi connectivity index (χ0v) is 15.2. The van der Waals surface area contributed by atoms with Crippen molar-refractivity contribution >= 4 is 5.91 Å². The average Bonchev–Trinajstić information content (AvgIpc) is 2.54. The lowest BCUT2D eigenvalue weighted by atomic mass is 9.91. The second kappa shape index (κ2) is 8.47. The smallest absolute Gasteiger partial charge is 0.239 e. The Balaban J connectivity index is 1.79. The summed E-state index contributed by atoms with van der Waals surface area (Å²) in [7, 11) is 1.94. The molecule has 4 nitrogen and oxygen atoms in total. The van der Waals surface area contributed by atoms with Crippen LogP contribution in [-0.2, 0) is 4.79 Å². The maximum Gasteiger partial charge on any atom is 0.239 e. The Bertz CT molecular complexity index is 525. The van der Waals surface area contributed by atoms with Gasteiger partial charge < -0.3 is 9.64 Å². The summed E-state index contributed by atoms with van der Waals surface area (Å²) in [6, 6.07) is 5.81. The quantitative estimate of drug-likeness (QED) is 0.800. The van der Waals surface area contributed by atoms with E-state index in [4.69, 9.17) is 4.74 Å². The molecule has 134 valence electrons. The third-order valence-corrected chi connectivity index (χ3v) is 4.73. The maximum atomic E-state index is 12.9. The van der Waals surface area contributed by atoms with Gasteiger partial charge in [-0.1, -0.05) is 13.8 Å². The van der Waals surface area contributed by atoms with Crippen molar-refractivity contribution in [3.05, 3.63) is 30.1 Å². The van der Waals surface area contributed by atoms with Crippen molar-refractivity contribution in [1.29, 1.82) is 0 Å². The summed E-state index contributed by atoms with van der Waals surface area (Å²) in [5, 5.41) is 0. The minimum atomic E-state index is -0.274. The summed E-state index contributed by atoms with van der Waals surface area (Å²) < 4.78 is 18.5. The molecule has 0 aromatic heterocycles. The highest BCUT2D eigenvalue weighted by atomic mass is 19.1. The molecule has 1 aliphatic heterocycles. The number of hydrogen-bond donors (Lipinski definition) is 0. The Morgan fingerprint density at radius 1 is 1.29 bits per heavy atom. The van der Waals surface area contributed by atoms with Crippen molar-refractivity contribution in [2.45, 2.75) is 33.2 Å². The first kappa shape index (κ1) is 18.7. The number of likely N-dealkylation sites (tertiary alicyclic amines) is 1. The lowest BCUT2D eigenvalue weighted by Crippen LogP contribution is -2.51. The molecule has 24 heavy (non-hydrogen) atoms. The van der Waals surface area contributed by atoms with Gasteiger partial charge in [-0.25, -0.2) is 4.39 Å². The predicted molar refractivity (Wildman–Crippen MR) is 93.5 cm³/mol. The number of piperidine rings is 1. The number of hydrogen-bond acceptors (Lipinski definition) is 3. The number of carbonyl (C=O) groups excluding carboxylic acids is 1. The van der Waals surface area contributed by atoms with Gasteiger partial charge in [-0.2, -0.15) is 0 Å². The minimum absolute atomic E-state index is 0.167. The molecule has 1 aliphatic rings. The third-order valence-electron chi connectivity index (χ3n) is 4.73. The summed E-state index contributed by atoms with van der Waals surface area (Å²) >= 11 is 0. The molecule has 0 saturated carbocycles. The van der Waals surface area contributed by atoms with Crippen LogP contribution in [0.5, 0.6) is 5.75 Å². The van der Waals surface area contributed by atoms with Gasteiger partial charge in [0.05, 0.1) is 6.04 Å². The van der Waals surface area contributed by atoms with Crippen LogP contribution in [-0.4, -0.2) is 55.0 Å². The average molecular weight is 336 g/mol. The first-order valence-corrected chi connectivity index (χ1v) is 8.74. The van der Waals surface area contributed by atoms with Gasteiger partial charge in [0.15, 0.2) is 0 Å². The molecule has 0 bridgehead atoms. The van der Waals surface area contributed by atoms with Crippen molar-refractivity contribution in [2.75, 3.05) is 33.3 Å². The van der Waals surface area contributed by atoms with Crippen molar-refractivity contribution < 1.29 is 13.9 Å². The van der Waals surface area contributed by atoms with Crippen LogP contribution in [0.3, 0.4) is 0 Å². The van der Waals surface area contributed by atoms with E-state index in [0.29, 0.717) is 30.7 Å². The van der Waals surface area contributed by atoms with Crippen molar-refractivity contribution in [2.24, 2.45) is 11.8 Å². The number of rotatable bonds is 6. The normalized spacial score (nSPS) is 22.5. The molecule has 1 saturated heterocycles. The van der Waals surface area contributed by atoms with E-state index in [1.54, 1.807) is 12.1 Å². The molecular formula is C19H29FN2O2. The lowest BCUT2D eigenvalue weighted by Gasteiger charge is -2.38. The number of halogens is 1. The van der Waals surface area contributed by atoms with E-state index in [0.717, 1.165) is 13.1 Å². The fourth-order valence-electron chi connectivity index (χ4n) is 3.33. The summed E-state index contributed by atoms with van der Waals surface area (Å²) in [5.74, 6) is 1.69. The topological polar surface area (TPSA) is 32.8 Å². The van der Waals surface area contributed by atoms with E-state index >= 15 is 0 Å². The first-order chi connectivity index (χ1) is 11.4. The Labute approximate surface area is 144 Å². The van der Waals surface area contributed by atoms with Gasteiger partial charge in [0.2, 0.25) is 5.91 Å². The summed E-state index contributed by atoms with van der Waals surface area (Å²) in [6.07, 6.45) is 1.19. The number of amides is 1. The zero-order valence-electron chi connectivity index (χ0n) is 15.2. The second-order valence-electron chi connectivity index (χ2n) is 7.15. The molecule has 1 aromatic rings. The van der Waals surface area contributed by atoms with Gasteiger partial charge in [0, 0.05) is 19.6 Å². The molecule has 1 amide bonds. The van der Waals surface area contributed by atoms with Crippen LogP contribution in [0.25, 0.3) is 0 Å². The molecule has 0 radical (unpaired) electrons. The number of likely N-dealkylation sites (N-methyl/N-ethyl adjacent to an activating group) is 1. The summed E-state index contributed by atoms with van der Waals surface area (Å²) in [5.41, 5.74) is 0. The van der Waals surface area contributed by atoms with Gasteiger partial charge in [-0.15, -0.1) is 0 Å². The number of nitrogens with zero attached hydrogens (tertiary/aromatic N) is 2. The van der Waals surface area contributed by atoms with Crippen LogP contribution in [0, 0.1) is 17.7 Å². The maximum absolute atomic E-state index is 12.9. The molecule has 0 N–H and O–H groups in total. The van der Waals surface area contributed by atoms with Gasteiger partial charge in [-0.05, 0) is 56.5 Å². The van der Waals surface area contributed by atoms with E-state index in [9.17, 15) is 9.18 Å². The first-order valence-electron chi connectivity index (χ1n) is 8.74. The molecule has 1 heterocycles. The Morgan fingerprint density at radius 3 is 2.46 bits per heavy atom. The molecule has 1 fully saturated rings. The van der Waals surface area contributed by atoms with Crippen molar-refractivity contribution in [3.8, 4) is 5.75 Å². The molecule has 5 heteroatoms. The van der Waals surface area contributed by atoms with Crippen molar-refractivity contribution in [1.82, 2.24) is 9.80 Å². The SMILES string of the molecule is CC1CC(C)CN(C(=O)C(C)N(C)CCOc2ccc(F)cc2)C1. The molecule has 0 spiro atoms. The van der Waals surface area contributed by atoms with Gasteiger partial charge >= 0.3 is 0 Å². The standard InChI is InChI=1S/C19H29FN2O2/c1-14-11-15(2)13-22(12-14)19(23)16(3)21(4)9-10-24-18-7-5-17(20)6-8-18/h5-8,14-16H,9-13H2,1-4H3. The van der Waals surface area contributed by atoms with Gasteiger partial charge in [0.25, 0.3) is 0 Å². The van der Waals surface area contributed by atoms with Crippen LogP contribution < -0.4 is 4.74 Å². The molecule has 0 aliphatic carbocycles. The van der Waals surface area contributed by atoms with E-state index in [1.807, 2.05) is 23.8 Å². The number of benzene rings is 1. The van der Waals surface area contributed by atoms with Gasteiger partial charge in [-0.3, -0.25) is 9.69 Å². The van der Waals surface area contributed by atoms with E-state index in [-0.39, 0.29) is 17.8 Å². The third kappa shape index (κ3) is 5.20. The van der Waals surface area contributed by atoms with E-state index < -0.39 is 0 Å². The van der Waals surface area contributed by atoms with E-state index in [2.05, 4.69) is 13.8 Å². The molecular weight excluding hydrogens is 307 g/mol. The molecule has 2 rings (SSSR count). The van der Waals surface area contributed by atoms with Crippen LogP contribution >= 0.6 is 0 Å². The highest BCUT2D eigenvalue weighted by Gasteiger charge is 2.29. The number of ether oxygens (including phenoxy) is 1. The van der Waals surface area contributed by atoms with Crippen LogP contribution in [0.15, 0.2) is 24.3 Å². The highest BCUT2D eigenvalue weighted by Crippen LogP contribution is 2.22. The van der Waals surface area contributed by atoms with E-state index in [1.165, 1.54) is 18.6 Å². The Hall–Kier alpha value is -1.62. The fraction of sp³-hybridized carbons (Fsp3) is 0.632. The zero-order chi connectivity index (χ0) is 17.7. The summed E-state index contributed by atoms with van der Waals surface area (Å²) in [4.78, 5) is 16.7. The monoisotopic (exact) mass is 336 g/mol. The van der Waals surface area contributed by atoms with Gasteiger partial charge in [0.1, 0.15) is 18.2 Å². The largest absolute Gasteiger partial charge is 0.492 e.